The van der Waals surface area contributed by atoms with Crippen LogP contribution in [-0.4, -0.2) is 22.0 Å². The summed E-state index contributed by atoms with van der Waals surface area (Å²) in [5, 5.41) is 27.1. The number of aliphatic carboxylic acids is 1. The average Bonchev–Trinajstić information content (AvgIpc) is 2.54. The van der Waals surface area contributed by atoms with Crippen molar-refractivity contribution in [3.63, 3.8) is 0 Å². The molecule has 0 aliphatic rings. The van der Waals surface area contributed by atoms with Gasteiger partial charge in [0.25, 0.3) is 0 Å². The summed E-state index contributed by atoms with van der Waals surface area (Å²) in [5.41, 5.74) is 1.78. The summed E-state index contributed by atoms with van der Waals surface area (Å²) in [6.07, 6.45) is 2.61. The molecular weight excluding hydrogens is 294 g/mol. The molecule has 0 saturated carbocycles. The first kappa shape index (κ1) is 16.0. The number of rotatable bonds is 5. The van der Waals surface area contributed by atoms with E-state index in [1.807, 2.05) is 6.07 Å². The number of carboxylic acids is 1. The van der Waals surface area contributed by atoms with Gasteiger partial charge in [-0.05, 0) is 42.0 Å². The van der Waals surface area contributed by atoms with E-state index in [9.17, 15) is 14.7 Å². The summed E-state index contributed by atoms with van der Waals surface area (Å²) >= 11 is 0. The Kier molecular flexibility index (Phi) is 4.90. The van der Waals surface area contributed by atoms with Crippen LogP contribution in [0, 0.1) is 11.3 Å². The number of phenols is 1. The van der Waals surface area contributed by atoms with Crippen LogP contribution in [0.1, 0.15) is 27.0 Å². The van der Waals surface area contributed by atoms with Crippen molar-refractivity contribution in [2.45, 2.75) is 6.42 Å². The van der Waals surface area contributed by atoms with E-state index < -0.39 is 5.97 Å². The predicted molar refractivity (Wildman–Crippen MR) is 84.0 cm³/mol. The van der Waals surface area contributed by atoms with Gasteiger partial charge in [-0.25, -0.2) is 0 Å². The topological polar surface area (TPSA) is 98.4 Å². The van der Waals surface area contributed by atoms with Gasteiger partial charge in [0.15, 0.2) is 5.78 Å². The molecule has 0 aromatic heterocycles. The van der Waals surface area contributed by atoms with Gasteiger partial charge in [-0.15, -0.1) is 0 Å². The van der Waals surface area contributed by atoms with Crippen LogP contribution < -0.4 is 0 Å². The molecule has 2 N–H and O–H groups in total. The molecular formula is C18H13NO4. The zero-order chi connectivity index (χ0) is 16.8. The van der Waals surface area contributed by atoms with Crippen molar-refractivity contribution in [1.29, 1.82) is 5.26 Å². The maximum absolute atomic E-state index is 12.1. The third kappa shape index (κ3) is 4.29. The third-order valence-electron chi connectivity index (χ3n) is 3.17. The Balaban J connectivity index is 2.18. The van der Waals surface area contributed by atoms with Crippen LogP contribution in [0.3, 0.4) is 0 Å². The van der Waals surface area contributed by atoms with Crippen LogP contribution in [0.4, 0.5) is 0 Å². The summed E-state index contributed by atoms with van der Waals surface area (Å²) in [5.74, 6) is -1.54. The van der Waals surface area contributed by atoms with Gasteiger partial charge >= 0.3 is 5.97 Å². The maximum Gasteiger partial charge on any atom is 0.307 e. The van der Waals surface area contributed by atoms with Gasteiger partial charge < -0.3 is 10.2 Å². The lowest BCUT2D eigenvalue weighted by Gasteiger charge is -2.04. The van der Waals surface area contributed by atoms with Gasteiger partial charge in [0.2, 0.25) is 0 Å². The normalized spacial score (nSPS) is 10.4. The second-order valence-corrected chi connectivity index (χ2v) is 4.85. The Bertz CT molecular complexity index is 814. The number of nitrogens with zero attached hydrogens (tertiary/aromatic N) is 1. The Hall–Kier alpha value is -3.39. The van der Waals surface area contributed by atoms with Gasteiger partial charge in [0.1, 0.15) is 5.75 Å². The molecule has 2 aromatic rings. The van der Waals surface area contributed by atoms with E-state index in [0.29, 0.717) is 11.1 Å². The van der Waals surface area contributed by atoms with Crippen molar-refractivity contribution in [2.24, 2.45) is 0 Å². The summed E-state index contributed by atoms with van der Waals surface area (Å²) in [6, 6.07) is 12.9. The lowest BCUT2D eigenvalue weighted by molar-refractivity contribution is -0.136. The number of hydrogen-bond acceptors (Lipinski definition) is 4. The van der Waals surface area contributed by atoms with Gasteiger partial charge in [-0.1, -0.05) is 18.2 Å². The van der Waals surface area contributed by atoms with Gasteiger partial charge in [-0.2, -0.15) is 5.26 Å². The molecule has 0 aliphatic heterocycles. The molecule has 2 rings (SSSR count). The number of phenolic OH excluding ortho intramolecular Hbond substituents is 1. The fourth-order valence-electron chi connectivity index (χ4n) is 1.98. The molecule has 0 saturated heterocycles. The number of nitriles is 1. The Morgan fingerprint density at radius 2 is 1.83 bits per heavy atom. The molecule has 5 nitrogen and oxygen atoms in total. The zero-order valence-electron chi connectivity index (χ0n) is 12.1. The van der Waals surface area contributed by atoms with Crippen LogP contribution in [0.25, 0.3) is 6.08 Å². The first-order valence-electron chi connectivity index (χ1n) is 6.76. The summed E-state index contributed by atoms with van der Waals surface area (Å²) in [7, 11) is 0. The Morgan fingerprint density at radius 3 is 2.43 bits per heavy atom. The molecule has 0 unspecified atom stereocenters. The first-order chi connectivity index (χ1) is 11.0. The minimum absolute atomic E-state index is 0.153. The van der Waals surface area contributed by atoms with Crippen LogP contribution in [0.2, 0.25) is 0 Å². The zero-order valence-corrected chi connectivity index (χ0v) is 12.1. The highest BCUT2D eigenvalue weighted by Crippen LogP contribution is 2.20. The summed E-state index contributed by atoms with van der Waals surface area (Å²) in [6.45, 7) is 0. The SMILES string of the molecule is N#Cc1ccc(C=CC(=O)c2ccc(O)c(CC(=O)O)c2)cc1. The third-order valence-corrected chi connectivity index (χ3v) is 3.17. The summed E-state index contributed by atoms with van der Waals surface area (Å²) in [4.78, 5) is 22.9. The largest absolute Gasteiger partial charge is 0.508 e. The van der Waals surface area contributed by atoms with Crippen LogP contribution in [0.5, 0.6) is 5.75 Å². The molecule has 0 heterocycles. The van der Waals surface area contributed by atoms with Crippen LogP contribution >= 0.6 is 0 Å². The van der Waals surface area contributed by atoms with Crippen molar-refractivity contribution in [3.05, 3.63) is 70.8 Å². The number of carbonyl (C=O) groups is 2. The number of carbonyl (C=O) groups excluding carboxylic acids is 1. The van der Waals surface area contributed by atoms with E-state index in [2.05, 4.69) is 0 Å². The first-order valence-corrected chi connectivity index (χ1v) is 6.76. The Morgan fingerprint density at radius 1 is 1.13 bits per heavy atom. The van der Waals surface area contributed by atoms with E-state index in [0.717, 1.165) is 5.56 Å². The smallest absolute Gasteiger partial charge is 0.307 e. The number of hydrogen-bond donors (Lipinski definition) is 2. The van der Waals surface area contributed by atoms with Gasteiger partial charge in [0.05, 0.1) is 18.1 Å². The molecule has 0 radical (unpaired) electrons. The van der Waals surface area contributed by atoms with E-state index in [4.69, 9.17) is 10.4 Å². The number of allylic oxidation sites excluding steroid dienone is 1. The Labute approximate surface area is 132 Å². The monoisotopic (exact) mass is 307 g/mol. The molecule has 0 fully saturated rings. The van der Waals surface area contributed by atoms with Crippen LogP contribution in [0.15, 0.2) is 48.5 Å². The summed E-state index contributed by atoms with van der Waals surface area (Å²) < 4.78 is 0. The highest BCUT2D eigenvalue weighted by molar-refractivity contribution is 6.07. The molecule has 0 spiro atoms. The van der Waals surface area contributed by atoms with Crippen molar-refractivity contribution in [2.75, 3.05) is 0 Å². The molecule has 2 aromatic carbocycles. The highest BCUT2D eigenvalue weighted by atomic mass is 16.4. The molecule has 0 atom stereocenters. The fraction of sp³-hybridized carbons (Fsp3) is 0.0556. The van der Waals surface area contributed by atoms with E-state index >= 15 is 0 Å². The van der Waals surface area contributed by atoms with Crippen molar-refractivity contribution >= 4 is 17.8 Å². The van der Waals surface area contributed by atoms with E-state index in [1.165, 1.54) is 24.3 Å². The van der Waals surface area contributed by atoms with Gasteiger partial charge in [0, 0.05) is 11.1 Å². The molecule has 0 aliphatic carbocycles. The molecule has 23 heavy (non-hydrogen) atoms. The molecule has 0 amide bonds. The number of benzene rings is 2. The number of carboxylic acid groups (broad SMARTS) is 1. The second-order valence-electron chi connectivity index (χ2n) is 4.85. The number of ketones is 1. The predicted octanol–water partition coefficient (Wildman–Crippen LogP) is 2.79. The molecule has 0 bridgehead atoms. The fourth-order valence-corrected chi connectivity index (χ4v) is 1.98. The van der Waals surface area contributed by atoms with Crippen molar-refractivity contribution in [3.8, 4) is 11.8 Å². The van der Waals surface area contributed by atoms with Crippen LogP contribution in [-0.2, 0) is 11.2 Å². The minimum Gasteiger partial charge on any atom is -0.508 e. The second kappa shape index (κ2) is 7.05. The maximum atomic E-state index is 12.1. The standard InChI is InChI=1S/C18H13NO4/c19-11-13-3-1-12(2-4-13)5-7-16(20)14-6-8-17(21)15(9-14)10-18(22)23/h1-9,21H,10H2,(H,22,23). The molecule has 114 valence electrons. The minimum atomic E-state index is -1.09. The van der Waals surface area contributed by atoms with Crippen molar-refractivity contribution < 1.29 is 19.8 Å². The molecule has 5 heteroatoms. The lowest BCUT2D eigenvalue weighted by atomic mass is 10.0. The van der Waals surface area contributed by atoms with E-state index in [-0.39, 0.29) is 23.5 Å². The quantitative estimate of drug-likeness (QED) is 0.653. The van der Waals surface area contributed by atoms with Gasteiger partial charge in [-0.3, -0.25) is 9.59 Å². The average molecular weight is 307 g/mol. The highest BCUT2D eigenvalue weighted by Gasteiger charge is 2.10. The lowest BCUT2D eigenvalue weighted by Crippen LogP contribution is -2.02. The van der Waals surface area contributed by atoms with E-state index in [1.54, 1.807) is 30.3 Å². The van der Waals surface area contributed by atoms with Crippen molar-refractivity contribution in [1.82, 2.24) is 0 Å². The number of aromatic hydroxyl groups is 1.